The van der Waals surface area contributed by atoms with E-state index in [1.807, 2.05) is 0 Å². The maximum absolute atomic E-state index is 5.65. The molecule has 0 heterocycles. The van der Waals surface area contributed by atoms with Crippen LogP contribution in [-0.4, -0.2) is 6.04 Å². The largest absolute Gasteiger partial charge is 0.327 e. The molecule has 0 saturated heterocycles. The number of halogens is 1. The molecular weight excluding hydrogens is 166 g/mol. The Morgan fingerprint density at radius 2 is 2.50 bits per heavy atom. The minimum Gasteiger partial charge on any atom is -0.327 e. The number of hydrogen-bond acceptors (Lipinski definition) is 1. The highest BCUT2D eigenvalue weighted by Crippen LogP contribution is 2.20. The second-order valence-corrected chi connectivity index (χ2v) is 3.21. The fourth-order valence-electron chi connectivity index (χ4n) is 0.890. The Labute approximate surface area is 58.1 Å². The fraction of sp³-hybridized carbons (Fsp3) is 0.667. The molecular formula is C6H10BrN. The van der Waals surface area contributed by atoms with E-state index in [4.69, 9.17) is 5.73 Å². The van der Waals surface area contributed by atoms with Gasteiger partial charge < -0.3 is 5.73 Å². The van der Waals surface area contributed by atoms with E-state index in [0.717, 1.165) is 19.3 Å². The summed E-state index contributed by atoms with van der Waals surface area (Å²) in [5.74, 6) is 0. The van der Waals surface area contributed by atoms with E-state index in [1.54, 1.807) is 0 Å². The molecule has 1 atom stereocenters. The highest BCUT2D eigenvalue weighted by Gasteiger charge is 2.07. The third-order valence-corrected chi connectivity index (χ3v) is 2.01. The molecule has 0 amide bonds. The molecule has 0 aliphatic heterocycles. The van der Waals surface area contributed by atoms with Gasteiger partial charge in [-0.1, -0.05) is 22.0 Å². The topological polar surface area (TPSA) is 26.0 Å². The summed E-state index contributed by atoms with van der Waals surface area (Å²) in [4.78, 5) is 0. The van der Waals surface area contributed by atoms with Gasteiger partial charge in [0.1, 0.15) is 0 Å². The molecule has 2 N–H and O–H groups in total. The van der Waals surface area contributed by atoms with Crippen LogP contribution in [0.4, 0.5) is 0 Å². The molecule has 1 aliphatic carbocycles. The molecule has 1 nitrogen and oxygen atoms in total. The predicted molar refractivity (Wildman–Crippen MR) is 38.8 cm³/mol. The Morgan fingerprint density at radius 3 is 2.88 bits per heavy atom. The van der Waals surface area contributed by atoms with Crippen LogP contribution in [0, 0.1) is 0 Å². The minimum absolute atomic E-state index is 0.398. The zero-order valence-electron chi connectivity index (χ0n) is 4.73. The summed E-state index contributed by atoms with van der Waals surface area (Å²) in [7, 11) is 0. The SMILES string of the molecule is NC1CCC=C(Br)C1. The molecule has 46 valence electrons. The molecule has 2 heteroatoms. The fourth-order valence-corrected chi connectivity index (χ4v) is 1.53. The third kappa shape index (κ3) is 1.60. The van der Waals surface area contributed by atoms with Gasteiger partial charge in [-0.05, 0) is 23.7 Å². The molecule has 8 heavy (non-hydrogen) atoms. The molecule has 1 unspecified atom stereocenters. The monoisotopic (exact) mass is 175 g/mol. The van der Waals surface area contributed by atoms with Gasteiger partial charge in [0.2, 0.25) is 0 Å². The number of allylic oxidation sites excluding steroid dienone is 1. The molecule has 0 fully saturated rings. The number of nitrogens with two attached hydrogens (primary N) is 1. The molecule has 0 aromatic heterocycles. The summed E-state index contributed by atoms with van der Waals surface area (Å²) in [6.45, 7) is 0. The maximum Gasteiger partial charge on any atom is 0.00872 e. The summed E-state index contributed by atoms with van der Waals surface area (Å²) in [5.41, 5.74) is 5.65. The Hall–Kier alpha value is 0.180. The second kappa shape index (κ2) is 2.65. The maximum atomic E-state index is 5.65. The van der Waals surface area contributed by atoms with Gasteiger partial charge >= 0.3 is 0 Å². The normalized spacial score (nSPS) is 29.8. The van der Waals surface area contributed by atoms with E-state index in [1.165, 1.54) is 4.48 Å². The average molecular weight is 176 g/mol. The summed E-state index contributed by atoms with van der Waals surface area (Å²) in [5, 5.41) is 0. The summed E-state index contributed by atoms with van der Waals surface area (Å²) < 4.78 is 1.27. The van der Waals surface area contributed by atoms with Gasteiger partial charge in [0, 0.05) is 6.04 Å². The van der Waals surface area contributed by atoms with E-state index in [9.17, 15) is 0 Å². The second-order valence-electron chi connectivity index (χ2n) is 2.19. The highest BCUT2D eigenvalue weighted by molar-refractivity contribution is 9.11. The molecule has 0 bridgehead atoms. The molecule has 1 aliphatic rings. The van der Waals surface area contributed by atoms with Crippen molar-refractivity contribution in [2.45, 2.75) is 25.3 Å². The molecule has 0 radical (unpaired) electrons. The number of rotatable bonds is 0. The lowest BCUT2D eigenvalue weighted by Crippen LogP contribution is -2.21. The summed E-state index contributed by atoms with van der Waals surface area (Å²) in [6.07, 6.45) is 5.51. The smallest absolute Gasteiger partial charge is 0.00872 e. The lowest BCUT2D eigenvalue weighted by molar-refractivity contribution is 0.603. The average Bonchev–Trinajstić information content (AvgIpc) is 1.64. The van der Waals surface area contributed by atoms with Gasteiger partial charge in [-0.3, -0.25) is 0 Å². The van der Waals surface area contributed by atoms with E-state index < -0.39 is 0 Å². The molecule has 0 aromatic rings. The summed E-state index contributed by atoms with van der Waals surface area (Å²) in [6, 6.07) is 0.398. The standard InChI is InChI=1S/C6H10BrN/c7-5-2-1-3-6(8)4-5/h2,6H,1,3-4,8H2. The van der Waals surface area contributed by atoms with Crippen molar-refractivity contribution in [3.63, 3.8) is 0 Å². The molecule has 0 aromatic carbocycles. The Kier molecular flexibility index (Phi) is 2.08. The minimum atomic E-state index is 0.398. The van der Waals surface area contributed by atoms with Crippen LogP contribution in [0.2, 0.25) is 0 Å². The van der Waals surface area contributed by atoms with Crippen molar-refractivity contribution in [1.82, 2.24) is 0 Å². The van der Waals surface area contributed by atoms with Gasteiger partial charge in [-0.15, -0.1) is 0 Å². The van der Waals surface area contributed by atoms with E-state index in [0.29, 0.717) is 6.04 Å². The Morgan fingerprint density at radius 1 is 1.75 bits per heavy atom. The van der Waals surface area contributed by atoms with Crippen molar-refractivity contribution in [1.29, 1.82) is 0 Å². The molecule has 1 rings (SSSR count). The summed E-state index contributed by atoms with van der Waals surface area (Å²) >= 11 is 3.41. The van der Waals surface area contributed by atoms with Crippen molar-refractivity contribution >= 4 is 15.9 Å². The Bertz CT molecular complexity index is 109. The first-order valence-electron chi connectivity index (χ1n) is 2.89. The van der Waals surface area contributed by atoms with Crippen LogP contribution in [0.15, 0.2) is 10.6 Å². The van der Waals surface area contributed by atoms with Crippen molar-refractivity contribution in [3.05, 3.63) is 10.6 Å². The molecule has 0 spiro atoms. The quantitative estimate of drug-likeness (QED) is 0.598. The highest BCUT2D eigenvalue weighted by atomic mass is 79.9. The Balaban J connectivity index is 2.45. The van der Waals surface area contributed by atoms with E-state index >= 15 is 0 Å². The van der Waals surface area contributed by atoms with Gasteiger partial charge in [-0.25, -0.2) is 0 Å². The van der Waals surface area contributed by atoms with Crippen LogP contribution in [0.25, 0.3) is 0 Å². The first kappa shape index (κ1) is 6.30. The third-order valence-electron chi connectivity index (χ3n) is 1.36. The van der Waals surface area contributed by atoms with Crippen molar-refractivity contribution in [3.8, 4) is 0 Å². The van der Waals surface area contributed by atoms with Crippen molar-refractivity contribution < 1.29 is 0 Å². The zero-order chi connectivity index (χ0) is 5.98. The number of hydrogen-bond donors (Lipinski definition) is 1. The lowest BCUT2D eigenvalue weighted by Gasteiger charge is -2.14. The van der Waals surface area contributed by atoms with Crippen molar-refractivity contribution in [2.24, 2.45) is 5.73 Å². The van der Waals surface area contributed by atoms with Gasteiger partial charge in [0.25, 0.3) is 0 Å². The predicted octanol–water partition coefficient (Wildman–Crippen LogP) is 1.78. The van der Waals surface area contributed by atoms with Crippen molar-refractivity contribution in [2.75, 3.05) is 0 Å². The van der Waals surface area contributed by atoms with Crippen LogP contribution >= 0.6 is 15.9 Å². The van der Waals surface area contributed by atoms with Gasteiger partial charge in [-0.2, -0.15) is 0 Å². The van der Waals surface area contributed by atoms with E-state index in [-0.39, 0.29) is 0 Å². The van der Waals surface area contributed by atoms with Crippen LogP contribution in [0.1, 0.15) is 19.3 Å². The first-order valence-corrected chi connectivity index (χ1v) is 3.68. The van der Waals surface area contributed by atoms with E-state index in [2.05, 4.69) is 22.0 Å². The van der Waals surface area contributed by atoms with Gasteiger partial charge in [0.15, 0.2) is 0 Å². The van der Waals surface area contributed by atoms with Gasteiger partial charge in [0.05, 0.1) is 0 Å². The molecule has 0 saturated carbocycles. The lowest BCUT2D eigenvalue weighted by atomic mass is 10.0. The zero-order valence-corrected chi connectivity index (χ0v) is 6.32. The van der Waals surface area contributed by atoms with Crippen LogP contribution < -0.4 is 5.73 Å². The van der Waals surface area contributed by atoms with Crippen LogP contribution in [0.3, 0.4) is 0 Å². The van der Waals surface area contributed by atoms with Crippen LogP contribution in [0.5, 0.6) is 0 Å². The van der Waals surface area contributed by atoms with Crippen LogP contribution in [-0.2, 0) is 0 Å². The first-order chi connectivity index (χ1) is 3.79.